The second-order valence-electron chi connectivity index (χ2n) is 5.83. The minimum atomic E-state index is -0.712. The van der Waals surface area contributed by atoms with Crippen molar-refractivity contribution in [1.82, 2.24) is 24.7 Å². The Labute approximate surface area is 152 Å². The zero-order chi connectivity index (χ0) is 19.0. The lowest BCUT2D eigenvalue weighted by molar-refractivity contribution is 0.100. The Balaban J connectivity index is 1.84. The monoisotopic (exact) mass is 363 g/mol. The third kappa shape index (κ3) is 2.95. The molecule has 0 aliphatic heterocycles. The normalized spacial score (nSPS) is 11.0. The van der Waals surface area contributed by atoms with Crippen LogP contribution in [0, 0.1) is 5.82 Å². The number of hydrogen-bond acceptors (Lipinski definition) is 6. The quantitative estimate of drug-likeness (QED) is 0.569. The molecule has 9 heteroatoms. The molecule has 1 amide bonds. The first-order chi connectivity index (χ1) is 13.0. The van der Waals surface area contributed by atoms with Crippen molar-refractivity contribution in [3.63, 3.8) is 0 Å². The summed E-state index contributed by atoms with van der Waals surface area (Å²) in [5.41, 5.74) is 12.5. The topological polar surface area (TPSA) is 126 Å². The summed E-state index contributed by atoms with van der Waals surface area (Å²) in [6.07, 6.45) is 2.88. The standard InChI is InChI=1S/C18H14FN7O/c19-13-6-2-1-4-10(13)9-26-18-11(5-3-7-22-18)14(25-26)17-23-8-12(16(21)27)15(20)24-17/h1-8H,9H2,(H2,21,27)(H2,20,23,24). The van der Waals surface area contributed by atoms with Gasteiger partial charge in [-0.05, 0) is 18.2 Å². The van der Waals surface area contributed by atoms with Crippen LogP contribution in [-0.4, -0.2) is 30.6 Å². The van der Waals surface area contributed by atoms with Crippen LogP contribution in [0.3, 0.4) is 0 Å². The third-order valence-electron chi connectivity index (χ3n) is 4.08. The van der Waals surface area contributed by atoms with E-state index in [0.29, 0.717) is 22.3 Å². The van der Waals surface area contributed by atoms with Crippen LogP contribution >= 0.6 is 0 Å². The SMILES string of the molecule is NC(=O)c1cnc(-c2nn(Cc3ccccc3F)c3ncccc23)nc1N. The average molecular weight is 363 g/mol. The number of benzene rings is 1. The van der Waals surface area contributed by atoms with Crippen LogP contribution in [0.2, 0.25) is 0 Å². The maximum absolute atomic E-state index is 14.0. The van der Waals surface area contributed by atoms with E-state index in [4.69, 9.17) is 11.5 Å². The van der Waals surface area contributed by atoms with E-state index >= 15 is 0 Å². The number of hydrogen-bond donors (Lipinski definition) is 2. The Morgan fingerprint density at radius 3 is 2.70 bits per heavy atom. The van der Waals surface area contributed by atoms with Gasteiger partial charge in [-0.1, -0.05) is 18.2 Å². The van der Waals surface area contributed by atoms with Gasteiger partial charge in [0, 0.05) is 18.0 Å². The first-order valence-corrected chi connectivity index (χ1v) is 8.02. The van der Waals surface area contributed by atoms with Crippen molar-refractivity contribution in [2.24, 2.45) is 5.73 Å². The van der Waals surface area contributed by atoms with Crippen molar-refractivity contribution >= 4 is 22.8 Å². The highest BCUT2D eigenvalue weighted by atomic mass is 19.1. The molecule has 3 aromatic heterocycles. The minimum Gasteiger partial charge on any atom is -0.383 e. The van der Waals surface area contributed by atoms with Gasteiger partial charge in [0.2, 0.25) is 0 Å². The molecule has 0 atom stereocenters. The van der Waals surface area contributed by atoms with Crippen LogP contribution in [0.4, 0.5) is 10.2 Å². The maximum Gasteiger partial charge on any atom is 0.254 e. The van der Waals surface area contributed by atoms with Crippen molar-refractivity contribution in [1.29, 1.82) is 0 Å². The number of nitrogen functional groups attached to an aromatic ring is 1. The highest BCUT2D eigenvalue weighted by Gasteiger charge is 2.18. The molecule has 0 radical (unpaired) electrons. The molecule has 0 aliphatic carbocycles. The zero-order valence-corrected chi connectivity index (χ0v) is 14.0. The summed E-state index contributed by atoms with van der Waals surface area (Å²) in [5.74, 6) is -0.850. The summed E-state index contributed by atoms with van der Waals surface area (Å²) < 4.78 is 15.6. The van der Waals surface area contributed by atoms with Crippen LogP contribution < -0.4 is 11.5 Å². The number of carbonyl (C=O) groups is 1. The number of carbonyl (C=O) groups excluding carboxylic acids is 1. The Morgan fingerprint density at radius 1 is 1.15 bits per heavy atom. The predicted molar refractivity (Wildman–Crippen MR) is 97.0 cm³/mol. The van der Waals surface area contributed by atoms with Gasteiger partial charge in [0.05, 0.1) is 17.5 Å². The highest BCUT2D eigenvalue weighted by Crippen LogP contribution is 2.26. The van der Waals surface area contributed by atoms with Gasteiger partial charge in [0.1, 0.15) is 17.3 Å². The number of rotatable bonds is 4. The van der Waals surface area contributed by atoms with E-state index in [1.165, 1.54) is 12.3 Å². The molecule has 4 N–H and O–H groups in total. The maximum atomic E-state index is 14.0. The Kier molecular flexibility index (Phi) is 3.96. The Bertz CT molecular complexity index is 1170. The van der Waals surface area contributed by atoms with Crippen LogP contribution in [0.15, 0.2) is 48.8 Å². The third-order valence-corrected chi connectivity index (χ3v) is 4.08. The molecular formula is C18H14FN7O. The van der Waals surface area contributed by atoms with Gasteiger partial charge in [0.15, 0.2) is 11.5 Å². The van der Waals surface area contributed by atoms with Crippen molar-refractivity contribution < 1.29 is 9.18 Å². The highest BCUT2D eigenvalue weighted by molar-refractivity contribution is 5.97. The molecule has 134 valence electrons. The molecule has 0 saturated heterocycles. The zero-order valence-electron chi connectivity index (χ0n) is 14.0. The molecule has 0 aliphatic rings. The number of primary amides is 1. The number of nitrogens with two attached hydrogens (primary N) is 2. The first-order valence-electron chi connectivity index (χ1n) is 8.02. The number of aromatic nitrogens is 5. The molecule has 0 unspecified atom stereocenters. The van der Waals surface area contributed by atoms with E-state index < -0.39 is 5.91 Å². The second kappa shape index (κ2) is 6.45. The Morgan fingerprint density at radius 2 is 1.96 bits per heavy atom. The molecule has 0 bridgehead atoms. The Hall–Kier alpha value is -3.88. The smallest absolute Gasteiger partial charge is 0.254 e. The lowest BCUT2D eigenvalue weighted by Crippen LogP contribution is -2.15. The second-order valence-corrected chi connectivity index (χ2v) is 5.83. The van der Waals surface area contributed by atoms with Crippen molar-refractivity contribution in [2.45, 2.75) is 6.54 Å². The van der Waals surface area contributed by atoms with E-state index in [1.807, 2.05) is 6.07 Å². The molecule has 3 heterocycles. The average Bonchev–Trinajstić information content (AvgIpc) is 3.02. The summed E-state index contributed by atoms with van der Waals surface area (Å²) in [6, 6.07) is 10.0. The molecule has 0 fully saturated rings. The van der Waals surface area contributed by atoms with Gasteiger partial charge in [-0.3, -0.25) is 4.79 Å². The van der Waals surface area contributed by atoms with Gasteiger partial charge in [0.25, 0.3) is 5.91 Å². The molecule has 4 rings (SSSR count). The fraction of sp³-hybridized carbons (Fsp3) is 0.0556. The molecule has 0 saturated carbocycles. The number of anilines is 1. The molecular weight excluding hydrogens is 349 g/mol. The lowest BCUT2D eigenvalue weighted by atomic mass is 10.2. The summed E-state index contributed by atoms with van der Waals surface area (Å²) >= 11 is 0. The van der Waals surface area contributed by atoms with Crippen LogP contribution in [0.5, 0.6) is 0 Å². The minimum absolute atomic E-state index is 0.0341. The van der Waals surface area contributed by atoms with Crippen molar-refractivity contribution in [2.75, 3.05) is 5.73 Å². The molecule has 8 nitrogen and oxygen atoms in total. The molecule has 1 aromatic carbocycles. The van der Waals surface area contributed by atoms with E-state index in [9.17, 15) is 9.18 Å². The van der Waals surface area contributed by atoms with Gasteiger partial charge < -0.3 is 11.5 Å². The van der Waals surface area contributed by atoms with E-state index in [0.717, 1.165) is 0 Å². The fourth-order valence-corrected chi connectivity index (χ4v) is 2.77. The summed E-state index contributed by atoms with van der Waals surface area (Å²) in [4.78, 5) is 23.9. The number of pyridine rings is 1. The number of fused-ring (bicyclic) bond motifs is 1. The molecule has 0 spiro atoms. The van der Waals surface area contributed by atoms with Crippen LogP contribution in [0.25, 0.3) is 22.6 Å². The van der Waals surface area contributed by atoms with Crippen LogP contribution in [-0.2, 0) is 6.54 Å². The summed E-state index contributed by atoms with van der Waals surface area (Å²) in [6.45, 7) is 0.190. The van der Waals surface area contributed by atoms with E-state index in [1.54, 1.807) is 35.1 Å². The fourth-order valence-electron chi connectivity index (χ4n) is 2.77. The summed E-state index contributed by atoms with van der Waals surface area (Å²) in [5, 5.41) is 5.18. The summed E-state index contributed by atoms with van der Waals surface area (Å²) in [7, 11) is 0. The first kappa shape index (κ1) is 16.6. The largest absolute Gasteiger partial charge is 0.383 e. The van der Waals surface area contributed by atoms with Gasteiger partial charge in [-0.15, -0.1) is 0 Å². The number of nitrogens with zero attached hydrogens (tertiary/aromatic N) is 5. The van der Waals surface area contributed by atoms with Crippen molar-refractivity contribution in [3.05, 3.63) is 65.7 Å². The van der Waals surface area contributed by atoms with E-state index in [-0.39, 0.29) is 29.6 Å². The molecule has 4 aromatic rings. The van der Waals surface area contributed by atoms with Gasteiger partial charge in [-0.2, -0.15) is 5.10 Å². The number of halogens is 1. The van der Waals surface area contributed by atoms with Gasteiger partial charge in [-0.25, -0.2) is 24.0 Å². The number of amides is 1. The van der Waals surface area contributed by atoms with Gasteiger partial charge >= 0.3 is 0 Å². The van der Waals surface area contributed by atoms with Crippen LogP contribution in [0.1, 0.15) is 15.9 Å². The predicted octanol–water partition coefficient (Wildman–Crippen LogP) is 1.76. The van der Waals surface area contributed by atoms with E-state index in [2.05, 4.69) is 20.1 Å². The molecule has 27 heavy (non-hydrogen) atoms. The lowest BCUT2D eigenvalue weighted by Gasteiger charge is -2.04. The van der Waals surface area contributed by atoms with Crippen molar-refractivity contribution in [3.8, 4) is 11.5 Å².